The highest BCUT2D eigenvalue weighted by molar-refractivity contribution is 6.36. The Balaban J connectivity index is 1.59. The van der Waals surface area contributed by atoms with Gasteiger partial charge in [-0.15, -0.1) is 0 Å². The van der Waals surface area contributed by atoms with Crippen LogP contribution in [-0.2, 0) is 0 Å². The van der Waals surface area contributed by atoms with Crippen molar-refractivity contribution in [3.8, 4) is 16.9 Å². The predicted octanol–water partition coefficient (Wildman–Crippen LogP) is 3.64. The van der Waals surface area contributed by atoms with Crippen molar-refractivity contribution in [1.29, 1.82) is 0 Å². The van der Waals surface area contributed by atoms with E-state index in [2.05, 4.69) is 20.0 Å². The predicted molar refractivity (Wildman–Crippen MR) is 129 cm³/mol. The Morgan fingerprint density at radius 1 is 1.26 bits per heavy atom. The third kappa shape index (κ3) is 4.01. The SMILES string of the molecule is NC=N/C=N/C(=O)N1CCN2c3ncnc4c(F)c(-c5ccccc5F)c(Cl)c(c34)OCCC2C1. The second-order valence-corrected chi connectivity index (χ2v) is 8.37. The van der Waals surface area contributed by atoms with Gasteiger partial charge < -0.3 is 20.3 Å². The van der Waals surface area contributed by atoms with Gasteiger partial charge in [0.2, 0.25) is 0 Å². The van der Waals surface area contributed by atoms with Gasteiger partial charge in [-0.25, -0.2) is 28.5 Å². The van der Waals surface area contributed by atoms with Gasteiger partial charge in [-0.05, 0) is 6.07 Å². The van der Waals surface area contributed by atoms with Crippen molar-refractivity contribution in [2.75, 3.05) is 31.1 Å². The van der Waals surface area contributed by atoms with Gasteiger partial charge >= 0.3 is 6.03 Å². The summed E-state index contributed by atoms with van der Waals surface area (Å²) in [5.41, 5.74) is 5.05. The number of amides is 2. The van der Waals surface area contributed by atoms with Gasteiger partial charge in [-0.1, -0.05) is 29.8 Å². The number of rotatable bonds is 2. The molecular weight excluding hydrogens is 480 g/mol. The molecular formula is C23H20ClF2N7O2. The number of ether oxygens (including phenoxy) is 1. The number of piperazine rings is 1. The summed E-state index contributed by atoms with van der Waals surface area (Å²) in [6, 6.07) is 5.21. The molecule has 0 saturated carbocycles. The summed E-state index contributed by atoms with van der Waals surface area (Å²) in [6.45, 7) is 1.38. The number of carbonyl (C=O) groups is 1. The number of nitrogens with zero attached hydrogens (tertiary/aromatic N) is 6. The van der Waals surface area contributed by atoms with E-state index in [9.17, 15) is 9.18 Å². The zero-order valence-corrected chi connectivity index (χ0v) is 19.1. The van der Waals surface area contributed by atoms with E-state index in [1.807, 2.05) is 4.90 Å². The molecule has 2 aliphatic heterocycles. The zero-order valence-electron chi connectivity index (χ0n) is 18.4. The van der Waals surface area contributed by atoms with Crippen molar-refractivity contribution in [2.45, 2.75) is 12.5 Å². The van der Waals surface area contributed by atoms with E-state index in [1.165, 1.54) is 24.5 Å². The van der Waals surface area contributed by atoms with Crippen LogP contribution in [0.2, 0.25) is 5.02 Å². The maximum Gasteiger partial charge on any atom is 0.345 e. The molecule has 12 heteroatoms. The average molecular weight is 500 g/mol. The summed E-state index contributed by atoms with van der Waals surface area (Å²) < 4.78 is 36.4. The number of urea groups is 1. The van der Waals surface area contributed by atoms with Crippen molar-refractivity contribution in [3.05, 3.63) is 47.2 Å². The van der Waals surface area contributed by atoms with E-state index < -0.39 is 17.7 Å². The number of carbonyl (C=O) groups excluding carboxylic acids is 1. The maximum atomic E-state index is 15.8. The second kappa shape index (κ2) is 9.41. The smallest absolute Gasteiger partial charge is 0.345 e. The van der Waals surface area contributed by atoms with Crippen LogP contribution in [0.4, 0.5) is 19.4 Å². The van der Waals surface area contributed by atoms with Crippen LogP contribution in [0.3, 0.4) is 0 Å². The van der Waals surface area contributed by atoms with E-state index in [0.717, 1.165) is 12.7 Å². The van der Waals surface area contributed by atoms with Crippen molar-refractivity contribution in [1.82, 2.24) is 14.9 Å². The van der Waals surface area contributed by atoms with Crippen LogP contribution < -0.4 is 15.4 Å². The largest absolute Gasteiger partial charge is 0.491 e. The highest BCUT2D eigenvalue weighted by Crippen LogP contribution is 2.47. The normalized spacial score (nSPS) is 18.0. The van der Waals surface area contributed by atoms with E-state index in [1.54, 1.807) is 11.0 Å². The van der Waals surface area contributed by atoms with Crippen molar-refractivity contribution in [3.63, 3.8) is 0 Å². The fourth-order valence-corrected chi connectivity index (χ4v) is 4.83. The van der Waals surface area contributed by atoms with Gasteiger partial charge in [0.1, 0.15) is 29.8 Å². The molecule has 2 N–H and O–H groups in total. The Morgan fingerprint density at radius 2 is 2.09 bits per heavy atom. The molecule has 1 saturated heterocycles. The lowest BCUT2D eigenvalue weighted by molar-refractivity contribution is 0.186. The molecule has 1 fully saturated rings. The molecule has 1 unspecified atom stereocenters. The molecule has 2 amide bonds. The molecule has 180 valence electrons. The first-order chi connectivity index (χ1) is 17.0. The lowest BCUT2D eigenvalue weighted by atomic mass is 9.99. The van der Waals surface area contributed by atoms with Gasteiger partial charge in [0.05, 0.1) is 29.4 Å². The third-order valence-electron chi connectivity index (χ3n) is 6.09. The first-order valence-electron chi connectivity index (χ1n) is 10.9. The molecule has 0 bridgehead atoms. The van der Waals surface area contributed by atoms with Crippen LogP contribution in [0.25, 0.3) is 22.0 Å². The van der Waals surface area contributed by atoms with Gasteiger partial charge in [0.15, 0.2) is 11.6 Å². The molecule has 0 radical (unpaired) electrons. The van der Waals surface area contributed by atoms with Crippen LogP contribution >= 0.6 is 11.6 Å². The molecule has 2 aliphatic rings. The third-order valence-corrected chi connectivity index (χ3v) is 6.45. The Labute approximate surface area is 203 Å². The summed E-state index contributed by atoms with van der Waals surface area (Å²) in [4.78, 5) is 32.0. The van der Waals surface area contributed by atoms with Gasteiger partial charge in [-0.2, -0.15) is 4.99 Å². The molecule has 0 spiro atoms. The van der Waals surface area contributed by atoms with Crippen molar-refractivity contribution >= 4 is 47.0 Å². The lowest BCUT2D eigenvalue weighted by Crippen LogP contribution is -2.55. The number of halogens is 3. The lowest BCUT2D eigenvalue weighted by Gasteiger charge is -2.42. The summed E-state index contributed by atoms with van der Waals surface area (Å²) in [5.74, 6) is -0.718. The van der Waals surface area contributed by atoms with Crippen LogP contribution in [0, 0.1) is 11.6 Å². The summed E-state index contributed by atoms with van der Waals surface area (Å²) in [7, 11) is 0. The number of benzene rings is 2. The molecule has 9 nitrogen and oxygen atoms in total. The maximum absolute atomic E-state index is 15.8. The van der Waals surface area contributed by atoms with Crippen molar-refractivity contribution in [2.24, 2.45) is 15.7 Å². The monoisotopic (exact) mass is 499 g/mol. The quantitative estimate of drug-likeness (QED) is 0.426. The highest BCUT2D eigenvalue weighted by Gasteiger charge is 2.35. The molecule has 1 aromatic heterocycles. The molecule has 1 atom stereocenters. The fourth-order valence-electron chi connectivity index (χ4n) is 4.50. The number of aliphatic imine (C=N–C) groups is 2. The topological polar surface area (TPSA) is 109 Å². The molecule has 2 aromatic carbocycles. The minimum atomic E-state index is -0.758. The van der Waals surface area contributed by atoms with Gasteiger partial charge in [0, 0.05) is 37.2 Å². The summed E-state index contributed by atoms with van der Waals surface area (Å²) in [6.07, 6.45) is 3.93. The van der Waals surface area contributed by atoms with E-state index in [-0.39, 0.29) is 40.1 Å². The highest BCUT2D eigenvalue weighted by atomic mass is 35.5. The minimum absolute atomic E-state index is 0.0171. The first-order valence-corrected chi connectivity index (χ1v) is 11.2. The number of anilines is 1. The van der Waals surface area contributed by atoms with Crippen molar-refractivity contribution < 1.29 is 18.3 Å². The average Bonchev–Trinajstić information content (AvgIpc) is 2.85. The Bertz CT molecular complexity index is 1370. The van der Waals surface area contributed by atoms with Crippen LogP contribution in [0.1, 0.15) is 6.42 Å². The van der Waals surface area contributed by atoms with Gasteiger partial charge in [0.25, 0.3) is 0 Å². The molecule has 5 rings (SSSR count). The Morgan fingerprint density at radius 3 is 2.89 bits per heavy atom. The molecule has 3 heterocycles. The molecule has 3 aromatic rings. The van der Waals surface area contributed by atoms with Crippen LogP contribution in [0.15, 0.2) is 40.6 Å². The zero-order chi connectivity index (χ0) is 24.5. The van der Waals surface area contributed by atoms with Crippen LogP contribution in [-0.4, -0.2) is 65.9 Å². The van der Waals surface area contributed by atoms with E-state index in [4.69, 9.17) is 22.1 Å². The second-order valence-electron chi connectivity index (χ2n) is 7.99. The van der Waals surface area contributed by atoms with Crippen LogP contribution in [0.5, 0.6) is 5.75 Å². The Hall–Kier alpha value is -3.86. The van der Waals surface area contributed by atoms with E-state index >= 15 is 4.39 Å². The number of hydrogen-bond acceptors (Lipinski definition) is 5. The number of hydrogen-bond donors (Lipinski definition) is 1. The number of aromatic nitrogens is 2. The Kier molecular flexibility index (Phi) is 6.16. The summed E-state index contributed by atoms with van der Waals surface area (Å²) in [5, 5.41) is 0.271. The van der Waals surface area contributed by atoms with Gasteiger partial charge in [-0.3, -0.25) is 0 Å². The number of fused-ring (bicyclic) bond motifs is 2. The summed E-state index contributed by atoms with van der Waals surface area (Å²) >= 11 is 6.64. The van der Waals surface area contributed by atoms with E-state index in [0.29, 0.717) is 37.3 Å². The molecule has 0 aliphatic carbocycles. The molecule has 35 heavy (non-hydrogen) atoms. The first kappa shape index (κ1) is 22.9. The fraction of sp³-hybridized carbons (Fsp3) is 0.261. The standard InChI is InChI=1S/C23H20ClF2N7O2/c24-18-16(14-3-1-2-4-15(14)25)19(26)20-17-21(18)35-8-5-13-9-32(23(34)31-11-28-10-27)6-7-33(13)22(17)30-12-29-20/h1-4,10-13H,5-9H2,(H2,27,28,31,34). The number of nitrogens with two attached hydrogens (primary N) is 1. The minimum Gasteiger partial charge on any atom is -0.491 e.